The van der Waals surface area contributed by atoms with Crippen molar-refractivity contribution in [3.05, 3.63) is 60.8 Å². The predicted molar refractivity (Wildman–Crippen MR) is 72.6 cm³/mol. The molecule has 0 atom stereocenters. The van der Waals surface area contributed by atoms with E-state index in [4.69, 9.17) is 0 Å². The van der Waals surface area contributed by atoms with Gasteiger partial charge < -0.3 is 5.11 Å². The number of aromatic nitrogens is 1. The van der Waals surface area contributed by atoms with E-state index < -0.39 is 10.0 Å². The fourth-order valence-electron chi connectivity index (χ4n) is 2.02. The van der Waals surface area contributed by atoms with E-state index in [1.54, 1.807) is 42.5 Å². The highest BCUT2D eigenvalue weighted by Gasteiger charge is 2.18. The zero-order chi connectivity index (χ0) is 13.5. The molecule has 4 nitrogen and oxygen atoms in total. The quantitative estimate of drug-likeness (QED) is 0.780. The molecule has 0 amide bonds. The van der Waals surface area contributed by atoms with Crippen LogP contribution in [0.1, 0.15) is 0 Å². The largest absolute Gasteiger partial charge is 0.508 e. The molecular formula is C14H11NO3S. The molecule has 19 heavy (non-hydrogen) atoms. The molecule has 0 fully saturated rings. The first-order valence-corrected chi connectivity index (χ1v) is 7.14. The summed E-state index contributed by atoms with van der Waals surface area (Å²) in [6.07, 6.45) is 1.49. The summed E-state index contributed by atoms with van der Waals surface area (Å²) in [4.78, 5) is 0.237. The van der Waals surface area contributed by atoms with E-state index in [1.165, 1.54) is 22.3 Å². The van der Waals surface area contributed by atoms with Crippen LogP contribution in [-0.4, -0.2) is 17.5 Å². The summed E-state index contributed by atoms with van der Waals surface area (Å²) < 4.78 is 26.2. The maximum absolute atomic E-state index is 12.5. The standard InChI is InChI=1S/C14H11NO3S/c16-12-6-7-14-11(10-12)8-9-15(14)19(17,18)13-4-2-1-3-5-13/h1-10,16H. The van der Waals surface area contributed by atoms with Crippen LogP contribution in [0.15, 0.2) is 65.7 Å². The number of hydrogen-bond acceptors (Lipinski definition) is 3. The fraction of sp³-hybridized carbons (Fsp3) is 0. The summed E-state index contributed by atoms with van der Waals surface area (Å²) in [6, 6.07) is 14.5. The highest BCUT2D eigenvalue weighted by molar-refractivity contribution is 7.90. The molecule has 3 rings (SSSR count). The number of fused-ring (bicyclic) bond motifs is 1. The summed E-state index contributed by atoms with van der Waals surface area (Å²) >= 11 is 0. The molecule has 0 unspecified atom stereocenters. The van der Waals surface area contributed by atoms with E-state index in [0.29, 0.717) is 10.9 Å². The molecule has 5 heteroatoms. The molecule has 0 saturated carbocycles. The average Bonchev–Trinajstić information content (AvgIpc) is 2.83. The van der Waals surface area contributed by atoms with Gasteiger partial charge in [-0.05, 0) is 36.4 Å². The molecule has 0 aliphatic heterocycles. The van der Waals surface area contributed by atoms with E-state index in [2.05, 4.69) is 0 Å². The SMILES string of the molecule is O=S(=O)(c1ccccc1)n1ccc2cc(O)ccc21. The highest BCUT2D eigenvalue weighted by atomic mass is 32.2. The maximum atomic E-state index is 12.5. The number of phenols is 1. The van der Waals surface area contributed by atoms with Gasteiger partial charge in [-0.1, -0.05) is 18.2 Å². The molecule has 0 bridgehead atoms. The Kier molecular flexibility index (Phi) is 2.57. The Morgan fingerprint density at radius 2 is 1.68 bits per heavy atom. The Morgan fingerprint density at radius 1 is 0.947 bits per heavy atom. The maximum Gasteiger partial charge on any atom is 0.268 e. The van der Waals surface area contributed by atoms with Crippen LogP contribution in [0.2, 0.25) is 0 Å². The Balaban J connectivity index is 2.25. The smallest absolute Gasteiger partial charge is 0.268 e. The zero-order valence-electron chi connectivity index (χ0n) is 9.89. The molecule has 0 aliphatic carbocycles. The van der Waals surface area contributed by atoms with E-state index in [0.717, 1.165) is 0 Å². The van der Waals surface area contributed by atoms with Crippen molar-refractivity contribution in [3.8, 4) is 5.75 Å². The second kappa shape index (κ2) is 4.13. The van der Waals surface area contributed by atoms with Crippen molar-refractivity contribution in [2.45, 2.75) is 4.90 Å². The minimum absolute atomic E-state index is 0.113. The summed E-state index contributed by atoms with van der Waals surface area (Å²) in [5.74, 6) is 0.113. The lowest BCUT2D eigenvalue weighted by atomic mass is 10.2. The van der Waals surface area contributed by atoms with Crippen LogP contribution >= 0.6 is 0 Å². The van der Waals surface area contributed by atoms with Crippen LogP contribution in [0.3, 0.4) is 0 Å². The lowest BCUT2D eigenvalue weighted by Crippen LogP contribution is -2.11. The van der Waals surface area contributed by atoms with Crippen LogP contribution < -0.4 is 0 Å². The molecule has 96 valence electrons. The summed E-state index contributed by atoms with van der Waals surface area (Å²) in [7, 11) is -3.60. The van der Waals surface area contributed by atoms with Gasteiger partial charge in [-0.25, -0.2) is 12.4 Å². The third-order valence-electron chi connectivity index (χ3n) is 2.94. The van der Waals surface area contributed by atoms with Crippen molar-refractivity contribution in [2.75, 3.05) is 0 Å². The Bertz CT molecular complexity index is 836. The normalized spacial score (nSPS) is 11.8. The number of hydrogen-bond donors (Lipinski definition) is 1. The minimum atomic E-state index is -3.60. The van der Waals surface area contributed by atoms with Crippen LogP contribution in [0.25, 0.3) is 10.9 Å². The fourth-order valence-corrected chi connectivity index (χ4v) is 3.39. The lowest BCUT2D eigenvalue weighted by molar-refractivity contribution is 0.476. The number of nitrogens with zero attached hydrogens (tertiary/aromatic N) is 1. The van der Waals surface area contributed by atoms with Crippen molar-refractivity contribution >= 4 is 20.9 Å². The van der Waals surface area contributed by atoms with Crippen LogP contribution in [0, 0.1) is 0 Å². The van der Waals surface area contributed by atoms with E-state index in [1.807, 2.05) is 0 Å². The van der Waals surface area contributed by atoms with Crippen molar-refractivity contribution in [2.24, 2.45) is 0 Å². The van der Waals surface area contributed by atoms with Gasteiger partial charge in [-0.2, -0.15) is 0 Å². The molecule has 3 aromatic rings. The second-order valence-electron chi connectivity index (χ2n) is 4.17. The van der Waals surface area contributed by atoms with Crippen molar-refractivity contribution in [1.29, 1.82) is 0 Å². The van der Waals surface area contributed by atoms with E-state index in [9.17, 15) is 13.5 Å². The second-order valence-corrected chi connectivity index (χ2v) is 5.99. The predicted octanol–water partition coefficient (Wildman–Crippen LogP) is 2.58. The van der Waals surface area contributed by atoms with E-state index in [-0.39, 0.29) is 10.6 Å². The third kappa shape index (κ3) is 1.88. The Morgan fingerprint density at radius 3 is 2.42 bits per heavy atom. The van der Waals surface area contributed by atoms with Gasteiger partial charge in [0.2, 0.25) is 0 Å². The Hall–Kier alpha value is -2.27. The molecule has 0 saturated heterocycles. The molecular weight excluding hydrogens is 262 g/mol. The van der Waals surface area contributed by atoms with Gasteiger partial charge in [0.15, 0.2) is 0 Å². The minimum Gasteiger partial charge on any atom is -0.508 e. The van der Waals surface area contributed by atoms with Crippen molar-refractivity contribution < 1.29 is 13.5 Å². The topological polar surface area (TPSA) is 59.3 Å². The van der Waals surface area contributed by atoms with Gasteiger partial charge in [0.05, 0.1) is 10.4 Å². The van der Waals surface area contributed by atoms with Gasteiger partial charge in [0, 0.05) is 11.6 Å². The van der Waals surface area contributed by atoms with E-state index >= 15 is 0 Å². The first-order chi connectivity index (χ1) is 9.09. The van der Waals surface area contributed by atoms with Gasteiger partial charge in [0.1, 0.15) is 5.75 Å². The van der Waals surface area contributed by atoms with Gasteiger partial charge >= 0.3 is 0 Å². The third-order valence-corrected chi connectivity index (χ3v) is 4.64. The number of benzene rings is 2. The zero-order valence-corrected chi connectivity index (χ0v) is 10.7. The molecule has 2 aromatic carbocycles. The number of aromatic hydroxyl groups is 1. The highest BCUT2D eigenvalue weighted by Crippen LogP contribution is 2.24. The Labute approximate surface area is 110 Å². The lowest BCUT2D eigenvalue weighted by Gasteiger charge is -2.07. The van der Waals surface area contributed by atoms with Crippen molar-refractivity contribution in [1.82, 2.24) is 3.97 Å². The summed E-state index contributed by atoms with van der Waals surface area (Å²) in [5, 5.41) is 10.1. The number of rotatable bonds is 2. The summed E-state index contributed by atoms with van der Waals surface area (Å²) in [6.45, 7) is 0. The van der Waals surface area contributed by atoms with Crippen molar-refractivity contribution in [3.63, 3.8) is 0 Å². The first-order valence-electron chi connectivity index (χ1n) is 5.70. The molecule has 0 radical (unpaired) electrons. The molecule has 0 aliphatic rings. The molecule has 1 heterocycles. The van der Waals surface area contributed by atoms with Gasteiger partial charge in [0.25, 0.3) is 10.0 Å². The number of phenolic OH excluding ortho intramolecular Hbond substituents is 1. The van der Waals surface area contributed by atoms with Crippen LogP contribution in [0.5, 0.6) is 5.75 Å². The van der Waals surface area contributed by atoms with Gasteiger partial charge in [-0.15, -0.1) is 0 Å². The monoisotopic (exact) mass is 273 g/mol. The molecule has 1 N–H and O–H groups in total. The first kappa shape index (κ1) is 11.8. The van der Waals surface area contributed by atoms with Gasteiger partial charge in [-0.3, -0.25) is 0 Å². The van der Waals surface area contributed by atoms with Crippen LogP contribution in [-0.2, 0) is 10.0 Å². The van der Waals surface area contributed by atoms with Crippen LogP contribution in [0.4, 0.5) is 0 Å². The average molecular weight is 273 g/mol. The molecule has 1 aromatic heterocycles. The summed E-state index contributed by atoms with van der Waals surface area (Å²) in [5.41, 5.74) is 0.543. The molecule has 0 spiro atoms.